The van der Waals surface area contributed by atoms with Gasteiger partial charge in [-0.1, -0.05) is 42.5 Å². The molecular weight excluding hydrogens is 478 g/mol. The summed E-state index contributed by atoms with van der Waals surface area (Å²) in [5.74, 6) is -0.184. The van der Waals surface area contributed by atoms with Gasteiger partial charge < -0.3 is 34.1 Å². The van der Waals surface area contributed by atoms with Crippen molar-refractivity contribution in [3.05, 3.63) is 65.7 Å². The van der Waals surface area contributed by atoms with E-state index in [-0.39, 0.29) is 18.8 Å². The molecule has 0 bridgehead atoms. The summed E-state index contributed by atoms with van der Waals surface area (Å²) >= 11 is 0. The Morgan fingerprint density at radius 3 is 2.38 bits per heavy atom. The van der Waals surface area contributed by atoms with Gasteiger partial charge in [0.15, 0.2) is 6.29 Å². The van der Waals surface area contributed by atoms with Gasteiger partial charge in [0.05, 0.1) is 26.4 Å². The average Bonchev–Trinajstić information content (AvgIpc) is 3.45. The van der Waals surface area contributed by atoms with Crippen LogP contribution in [0, 0.1) is 5.92 Å². The molecular formula is C28H35NO8. The molecule has 1 unspecified atom stereocenters. The van der Waals surface area contributed by atoms with Crippen molar-refractivity contribution in [1.29, 1.82) is 0 Å². The van der Waals surface area contributed by atoms with E-state index >= 15 is 0 Å². The van der Waals surface area contributed by atoms with Crippen molar-refractivity contribution in [2.75, 3.05) is 39.5 Å². The average molecular weight is 514 g/mol. The van der Waals surface area contributed by atoms with E-state index in [2.05, 4.69) is 0 Å². The highest BCUT2D eigenvalue weighted by Crippen LogP contribution is 2.33. The van der Waals surface area contributed by atoms with Crippen LogP contribution in [0.15, 0.2) is 54.6 Å². The molecule has 0 aromatic heterocycles. The van der Waals surface area contributed by atoms with Crippen molar-refractivity contribution in [3.63, 3.8) is 0 Å². The Bertz CT molecular complexity index is 1020. The fourth-order valence-corrected chi connectivity index (χ4v) is 4.66. The van der Waals surface area contributed by atoms with Gasteiger partial charge in [0, 0.05) is 18.7 Å². The van der Waals surface area contributed by atoms with Gasteiger partial charge in [-0.25, -0.2) is 9.59 Å². The number of rotatable bonds is 11. The number of benzene rings is 2. The number of ether oxygens (including phenoxy) is 4. The van der Waals surface area contributed by atoms with E-state index in [4.69, 9.17) is 24.1 Å². The van der Waals surface area contributed by atoms with Gasteiger partial charge in [-0.3, -0.25) is 0 Å². The lowest BCUT2D eigenvalue weighted by Crippen LogP contribution is -2.41. The van der Waals surface area contributed by atoms with Crippen LogP contribution >= 0.6 is 0 Å². The Balaban J connectivity index is 1.39. The first-order valence-electron chi connectivity index (χ1n) is 12.9. The summed E-state index contributed by atoms with van der Waals surface area (Å²) in [5.41, 5.74) is -1.26. The summed E-state index contributed by atoms with van der Waals surface area (Å²) in [6, 6.07) is 15.6. The standard InChI is InChI=1S/C28H35NO8/c30-26(37-20-21-12-14-29(15-13-21)27(31)32)28(33,22-7-2-1-3-8-22)23-9-6-10-24(19-23)34-16-5-4-11-25-35-17-18-36-25/h1-3,6-10,19,21,25,33H,4-5,11-18,20H2,(H,31,32). The molecule has 2 N–H and O–H groups in total. The second-order valence-electron chi connectivity index (χ2n) is 9.43. The van der Waals surface area contributed by atoms with Crippen molar-refractivity contribution < 1.29 is 38.7 Å². The molecule has 1 amide bonds. The second-order valence-corrected chi connectivity index (χ2v) is 9.43. The van der Waals surface area contributed by atoms with E-state index in [1.807, 2.05) is 6.07 Å². The maximum Gasteiger partial charge on any atom is 0.407 e. The van der Waals surface area contributed by atoms with Gasteiger partial charge in [-0.2, -0.15) is 0 Å². The monoisotopic (exact) mass is 513 g/mol. The van der Waals surface area contributed by atoms with Gasteiger partial charge in [0.25, 0.3) is 0 Å². The van der Waals surface area contributed by atoms with Crippen molar-refractivity contribution in [1.82, 2.24) is 4.90 Å². The number of carbonyl (C=O) groups is 2. The molecule has 2 fully saturated rings. The highest BCUT2D eigenvalue weighted by atomic mass is 16.7. The van der Waals surface area contributed by atoms with Crippen LogP contribution in [0.1, 0.15) is 43.2 Å². The predicted molar refractivity (Wildman–Crippen MR) is 134 cm³/mol. The minimum absolute atomic E-state index is 0.0364. The normalized spacial score (nSPS) is 18.4. The number of aliphatic hydroxyl groups is 1. The summed E-state index contributed by atoms with van der Waals surface area (Å²) in [4.78, 5) is 25.9. The molecule has 0 aliphatic carbocycles. The van der Waals surface area contributed by atoms with Crippen LogP contribution in [0.5, 0.6) is 5.75 Å². The largest absolute Gasteiger partial charge is 0.494 e. The maximum absolute atomic E-state index is 13.4. The zero-order chi connectivity index (χ0) is 26.1. The molecule has 2 aromatic carbocycles. The summed E-state index contributed by atoms with van der Waals surface area (Å²) in [7, 11) is 0. The number of unbranched alkanes of at least 4 members (excludes halogenated alkanes) is 1. The zero-order valence-electron chi connectivity index (χ0n) is 20.9. The van der Waals surface area contributed by atoms with E-state index < -0.39 is 17.7 Å². The smallest absolute Gasteiger partial charge is 0.407 e. The molecule has 9 heteroatoms. The summed E-state index contributed by atoms with van der Waals surface area (Å²) in [6.07, 6.45) is 2.68. The van der Waals surface area contributed by atoms with E-state index in [1.165, 1.54) is 4.90 Å². The van der Waals surface area contributed by atoms with Crippen LogP contribution in [0.4, 0.5) is 4.79 Å². The first kappa shape index (κ1) is 26.9. The van der Waals surface area contributed by atoms with Crippen LogP contribution < -0.4 is 4.74 Å². The first-order chi connectivity index (χ1) is 18.0. The van der Waals surface area contributed by atoms with Crippen molar-refractivity contribution in [2.24, 2.45) is 5.92 Å². The fraction of sp³-hybridized carbons (Fsp3) is 0.500. The highest BCUT2D eigenvalue weighted by molar-refractivity contribution is 5.85. The van der Waals surface area contributed by atoms with Gasteiger partial charge in [-0.15, -0.1) is 0 Å². The Morgan fingerprint density at radius 1 is 0.973 bits per heavy atom. The Labute approximate surface area is 216 Å². The second kappa shape index (κ2) is 12.9. The molecule has 2 aliphatic heterocycles. The summed E-state index contributed by atoms with van der Waals surface area (Å²) in [6.45, 7) is 2.70. The van der Waals surface area contributed by atoms with Gasteiger partial charge in [0.1, 0.15) is 5.75 Å². The topological polar surface area (TPSA) is 115 Å². The molecule has 37 heavy (non-hydrogen) atoms. The molecule has 2 aliphatic rings. The molecule has 1 atom stereocenters. The maximum atomic E-state index is 13.4. The van der Waals surface area contributed by atoms with E-state index in [0.29, 0.717) is 62.6 Å². The number of hydrogen-bond acceptors (Lipinski definition) is 7. The number of likely N-dealkylation sites (tertiary alicyclic amines) is 1. The molecule has 2 heterocycles. The summed E-state index contributed by atoms with van der Waals surface area (Å²) < 4.78 is 22.4. The lowest BCUT2D eigenvalue weighted by molar-refractivity contribution is -0.164. The van der Waals surface area contributed by atoms with Crippen LogP contribution in [0.3, 0.4) is 0 Å². The molecule has 9 nitrogen and oxygen atoms in total. The molecule has 2 saturated heterocycles. The Morgan fingerprint density at radius 2 is 1.68 bits per heavy atom. The third kappa shape index (κ3) is 7.00. The van der Waals surface area contributed by atoms with E-state index in [9.17, 15) is 14.7 Å². The van der Waals surface area contributed by atoms with Crippen molar-refractivity contribution in [2.45, 2.75) is 44.0 Å². The van der Waals surface area contributed by atoms with Gasteiger partial charge in [-0.05, 0) is 55.7 Å². The third-order valence-electron chi connectivity index (χ3n) is 6.87. The van der Waals surface area contributed by atoms with E-state index in [1.54, 1.807) is 48.5 Å². The Kier molecular flexibility index (Phi) is 9.38. The molecule has 200 valence electrons. The van der Waals surface area contributed by atoms with Crippen molar-refractivity contribution >= 4 is 12.1 Å². The number of hydrogen-bond donors (Lipinski definition) is 2. The number of carboxylic acid groups (broad SMARTS) is 1. The molecule has 0 saturated carbocycles. The Hall–Kier alpha value is -3.14. The van der Waals surface area contributed by atoms with Crippen LogP contribution in [0.2, 0.25) is 0 Å². The van der Waals surface area contributed by atoms with Crippen LogP contribution in [0.25, 0.3) is 0 Å². The fourth-order valence-electron chi connectivity index (χ4n) is 4.66. The molecule has 0 spiro atoms. The zero-order valence-corrected chi connectivity index (χ0v) is 20.9. The quantitative estimate of drug-likeness (QED) is 0.345. The number of piperidine rings is 1. The van der Waals surface area contributed by atoms with E-state index in [0.717, 1.165) is 19.3 Å². The number of amides is 1. The highest BCUT2D eigenvalue weighted by Gasteiger charge is 2.42. The van der Waals surface area contributed by atoms with Crippen molar-refractivity contribution in [3.8, 4) is 5.75 Å². The lowest BCUT2D eigenvalue weighted by Gasteiger charge is -2.31. The lowest BCUT2D eigenvalue weighted by atomic mass is 9.86. The predicted octanol–water partition coefficient (Wildman–Crippen LogP) is 3.78. The summed E-state index contributed by atoms with van der Waals surface area (Å²) in [5, 5.41) is 20.9. The minimum Gasteiger partial charge on any atom is -0.494 e. The number of carbonyl (C=O) groups excluding carboxylic acids is 1. The van der Waals surface area contributed by atoms with Gasteiger partial charge in [0.2, 0.25) is 5.60 Å². The SMILES string of the molecule is O=C(O)N1CCC(COC(=O)C(O)(c2ccccc2)c2cccc(OCCCCC3OCCO3)c2)CC1. The third-order valence-corrected chi connectivity index (χ3v) is 6.87. The van der Waals surface area contributed by atoms with Crippen LogP contribution in [-0.2, 0) is 24.6 Å². The minimum atomic E-state index is -2.01. The first-order valence-corrected chi connectivity index (χ1v) is 12.9. The van der Waals surface area contributed by atoms with Gasteiger partial charge >= 0.3 is 12.1 Å². The molecule has 0 radical (unpaired) electrons. The van der Waals surface area contributed by atoms with Crippen LogP contribution in [-0.4, -0.2) is 73.0 Å². The number of esters is 1. The number of nitrogens with zero attached hydrogens (tertiary/aromatic N) is 1. The molecule has 2 aromatic rings. The molecule has 4 rings (SSSR count).